The van der Waals surface area contributed by atoms with Gasteiger partial charge in [-0.15, -0.1) is 0 Å². The smallest absolute Gasteiger partial charge is 0.191 e. The predicted octanol–water partition coefficient (Wildman–Crippen LogP) is 1.89. The van der Waals surface area contributed by atoms with E-state index in [0.29, 0.717) is 42.3 Å². The van der Waals surface area contributed by atoms with Crippen LogP contribution in [-0.2, 0) is 11.3 Å². The number of halogens is 1. The van der Waals surface area contributed by atoms with Gasteiger partial charge in [0.15, 0.2) is 17.5 Å². The van der Waals surface area contributed by atoms with Gasteiger partial charge in [0.1, 0.15) is 13.2 Å². The van der Waals surface area contributed by atoms with E-state index in [9.17, 15) is 0 Å². The van der Waals surface area contributed by atoms with Gasteiger partial charge in [0, 0.05) is 32.2 Å². The molecule has 2 aliphatic rings. The minimum atomic E-state index is 0.418. The fourth-order valence-corrected chi connectivity index (χ4v) is 3.45. The highest BCUT2D eigenvalue weighted by Gasteiger charge is 2.18. The molecule has 0 radical (unpaired) electrons. The summed E-state index contributed by atoms with van der Waals surface area (Å²) in [5, 5.41) is 7.29. The minimum Gasteiger partial charge on any atom is -0.486 e. The second-order valence-electron chi connectivity index (χ2n) is 6.68. The van der Waals surface area contributed by atoms with Gasteiger partial charge in [-0.25, -0.2) is 4.99 Å². The van der Waals surface area contributed by atoms with Crippen LogP contribution in [0, 0.1) is 0 Å². The molecule has 0 aromatic heterocycles. The summed E-state index contributed by atoms with van der Waals surface area (Å²) in [6, 6.07) is 4.25. The number of nitrogens with zero attached hydrogens (tertiary/aromatic N) is 2. The Hall–Kier alpha value is -1.70. The van der Waals surface area contributed by atoms with Crippen molar-refractivity contribution < 1.29 is 14.2 Å². The minimum absolute atomic E-state index is 0.418. The van der Waals surface area contributed by atoms with E-state index >= 15 is 0 Å². The van der Waals surface area contributed by atoms with E-state index in [0.717, 1.165) is 50.9 Å². The summed E-state index contributed by atoms with van der Waals surface area (Å²) in [4.78, 5) is 7.12. The molecule has 27 heavy (non-hydrogen) atoms. The Bertz CT molecular complexity index is 650. The van der Waals surface area contributed by atoms with Crippen LogP contribution in [0.25, 0.3) is 0 Å². The van der Waals surface area contributed by atoms with Gasteiger partial charge in [-0.05, 0) is 31.5 Å². The average molecular weight is 397 g/mol. The Morgan fingerprint density at radius 2 is 1.96 bits per heavy atom. The SMILES string of the molecule is CCNC(=NCc1cc(Cl)c2c(c1)OCCO2)NCC(C)N1CCOCC1. The number of ether oxygens (including phenoxy) is 3. The summed E-state index contributed by atoms with van der Waals surface area (Å²) >= 11 is 6.31. The van der Waals surface area contributed by atoms with Gasteiger partial charge >= 0.3 is 0 Å². The first kappa shape index (κ1) is 20.0. The standard InChI is InChI=1S/C19H29ClN4O3/c1-3-21-19(22-12-14(2)24-4-6-25-7-5-24)23-13-15-10-16(20)18-17(11-15)26-8-9-27-18/h10-11,14H,3-9,12-13H2,1-2H3,(H2,21,22,23). The highest BCUT2D eigenvalue weighted by Crippen LogP contribution is 2.38. The second-order valence-corrected chi connectivity index (χ2v) is 7.08. The van der Waals surface area contributed by atoms with Crippen LogP contribution in [0.1, 0.15) is 19.4 Å². The Kier molecular flexibility index (Phi) is 7.43. The lowest BCUT2D eigenvalue weighted by molar-refractivity contribution is 0.0211. The summed E-state index contributed by atoms with van der Waals surface area (Å²) < 4.78 is 16.6. The summed E-state index contributed by atoms with van der Waals surface area (Å²) in [7, 11) is 0. The molecular weight excluding hydrogens is 368 g/mol. The number of rotatable bonds is 6. The monoisotopic (exact) mass is 396 g/mol. The molecule has 2 N–H and O–H groups in total. The maximum absolute atomic E-state index is 6.31. The van der Waals surface area contributed by atoms with Crippen molar-refractivity contribution in [1.82, 2.24) is 15.5 Å². The lowest BCUT2D eigenvalue weighted by Gasteiger charge is -2.32. The lowest BCUT2D eigenvalue weighted by Crippen LogP contribution is -2.49. The molecule has 0 spiro atoms. The molecule has 0 aliphatic carbocycles. The number of morpholine rings is 1. The maximum atomic E-state index is 6.31. The van der Waals surface area contributed by atoms with Gasteiger partial charge < -0.3 is 24.8 Å². The first-order chi connectivity index (χ1) is 13.2. The van der Waals surface area contributed by atoms with E-state index in [4.69, 9.17) is 25.8 Å². The summed E-state index contributed by atoms with van der Waals surface area (Å²) in [6.07, 6.45) is 0. The molecule has 1 aromatic rings. The first-order valence-electron chi connectivity index (χ1n) is 9.59. The van der Waals surface area contributed by atoms with Crippen LogP contribution >= 0.6 is 11.6 Å². The first-order valence-corrected chi connectivity index (χ1v) is 9.97. The Morgan fingerprint density at radius 3 is 2.74 bits per heavy atom. The zero-order valence-corrected chi connectivity index (χ0v) is 16.8. The van der Waals surface area contributed by atoms with Crippen LogP contribution in [0.2, 0.25) is 5.02 Å². The molecule has 150 valence electrons. The van der Waals surface area contributed by atoms with Crippen molar-refractivity contribution in [3.05, 3.63) is 22.7 Å². The molecule has 1 atom stereocenters. The fraction of sp³-hybridized carbons (Fsp3) is 0.632. The van der Waals surface area contributed by atoms with Gasteiger partial charge in [0.2, 0.25) is 0 Å². The Morgan fingerprint density at radius 1 is 1.19 bits per heavy atom. The topological polar surface area (TPSA) is 67.4 Å². The quantitative estimate of drug-likeness (QED) is 0.565. The number of aliphatic imine (C=N–C) groups is 1. The van der Waals surface area contributed by atoms with Crippen molar-refractivity contribution in [3.8, 4) is 11.5 Å². The molecule has 0 bridgehead atoms. The van der Waals surface area contributed by atoms with Gasteiger partial charge in [-0.3, -0.25) is 4.90 Å². The van der Waals surface area contributed by atoms with Crippen LogP contribution in [0.3, 0.4) is 0 Å². The number of nitrogens with one attached hydrogen (secondary N) is 2. The van der Waals surface area contributed by atoms with Crippen LogP contribution in [-0.4, -0.2) is 69.5 Å². The zero-order chi connectivity index (χ0) is 19.1. The van der Waals surface area contributed by atoms with Crippen molar-refractivity contribution in [2.75, 3.05) is 52.6 Å². The third-order valence-corrected chi connectivity index (χ3v) is 4.94. The summed E-state index contributed by atoms with van der Waals surface area (Å²) in [5.74, 6) is 2.11. The number of hydrogen-bond donors (Lipinski definition) is 2. The molecule has 2 aliphatic heterocycles. The number of benzene rings is 1. The fourth-order valence-electron chi connectivity index (χ4n) is 3.16. The van der Waals surface area contributed by atoms with Crippen LogP contribution in [0.15, 0.2) is 17.1 Å². The van der Waals surface area contributed by atoms with Gasteiger partial charge in [0.05, 0.1) is 24.8 Å². The normalized spacial score (nSPS) is 18.9. The third-order valence-electron chi connectivity index (χ3n) is 4.65. The molecule has 0 amide bonds. The maximum Gasteiger partial charge on any atom is 0.191 e. The van der Waals surface area contributed by atoms with Crippen molar-refractivity contribution in [2.24, 2.45) is 4.99 Å². The highest BCUT2D eigenvalue weighted by molar-refractivity contribution is 6.32. The molecular formula is C19H29ClN4O3. The molecule has 1 fully saturated rings. The molecule has 0 saturated carbocycles. The van der Waals surface area contributed by atoms with E-state index in [1.165, 1.54) is 0 Å². The molecule has 2 heterocycles. The second kappa shape index (κ2) is 10.0. The zero-order valence-electron chi connectivity index (χ0n) is 16.1. The van der Waals surface area contributed by atoms with Crippen molar-refractivity contribution in [1.29, 1.82) is 0 Å². The number of fused-ring (bicyclic) bond motifs is 1. The molecule has 7 nitrogen and oxygen atoms in total. The lowest BCUT2D eigenvalue weighted by atomic mass is 10.2. The molecule has 1 unspecified atom stereocenters. The van der Waals surface area contributed by atoms with Gasteiger partial charge in [0.25, 0.3) is 0 Å². The number of hydrogen-bond acceptors (Lipinski definition) is 5. The Balaban J connectivity index is 1.59. The average Bonchev–Trinajstić information content (AvgIpc) is 2.70. The molecule has 8 heteroatoms. The van der Waals surface area contributed by atoms with Crippen molar-refractivity contribution >= 4 is 17.6 Å². The van der Waals surface area contributed by atoms with Crippen LogP contribution in [0.5, 0.6) is 11.5 Å². The van der Waals surface area contributed by atoms with Gasteiger partial charge in [-0.2, -0.15) is 0 Å². The van der Waals surface area contributed by atoms with E-state index in [2.05, 4.69) is 34.4 Å². The van der Waals surface area contributed by atoms with E-state index in [1.54, 1.807) is 0 Å². The predicted molar refractivity (Wildman–Crippen MR) is 107 cm³/mol. The van der Waals surface area contributed by atoms with Crippen molar-refractivity contribution in [2.45, 2.75) is 26.4 Å². The van der Waals surface area contributed by atoms with E-state index in [-0.39, 0.29) is 0 Å². The largest absolute Gasteiger partial charge is 0.486 e. The Labute approximate surface area is 166 Å². The summed E-state index contributed by atoms with van der Waals surface area (Å²) in [5.41, 5.74) is 0.989. The third kappa shape index (κ3) is 5.64. The molecule has 1 saturated heterocycles. The van der Waals surface area contributed by atoms with E-state index in [1.807, 2.05) is 12.1 Å². The van der Waals surface area contributed by atoms with E-state index < -0.39 is 0 Å². The van der Waals surface area contributed by atoms with Gasteiger partial charge in [-0.1, -0.05) is 11.6 Å². The highest BCUT2D eigenvalue weighted by atomic mass is 35.5. The van der Waals surface area contributed by atoms with Crippen LogP contribution in [0.4, 0.5) is 0 Å². The summed E-state index contributed by atoms with van der Waals surface area (Å²) in [6.45, 7) is 11.1. The molecule has 3 rings (SSSR count). The van der Waals surface area contributed by atoms with Crippen molar-refractivity contribution in [3.63, 3.8) is 0 Å². The number of guanidine groups is 1. The van der Waals surface area contributed by atoms with Crippen LogP contribution < -0.4 is 20.1 Å². The molecule has 1 aromatic carbocycles.